The first-order valence-electron chi connectivity index (χ1n) is 17.1. The van der Waals surface area contributed by atoms with Crippen LogP contribution in [0.3, 0.4) is 0 Å². The third-order valence-corrected chi connectivity index (χ3v) is 9.42. The number of halogens is 8. The molecule has 0 saturated carbocycles. The number of urea groups is 2. The van der Waals surface area contributed by atoms with Crippen molar-refractivity contribution >= 4 is 23.4 Å². The van der Waals surface area contributed by atoms with Gasteiger partial charge in [-0.1, -0.05) is 23.8 Å². The van der Waals surface area contributed by atoms with Crippen LogP contribution in [0.25, 0.3) is 0 Å². The number of piperidine rings is 2. The molecule has 54 heavy (non-hydrogen) atoms. The molecular weight excluding hydrogens is 724 g/mol. The Hall–Kier alpha value is -5.28. The van der Waals surface area contributed by atoms with E-state index in [0.717, 1.165) is 59.4 Å². The van der Waals surface area contributed by atoms with Gasteiger partial charge in [0.2, 0.25) is 0 Å². The van der Waals surface area contributed by atoms with Crippen LogP contribution < -0.4 is 10.6 Å². The highest BCUT2D eigenvalue weighted by atomic mass is 19.4. The topological polar surface area (TPSA) is 90.5 Å². The number of carbonyl (C=O) groups excluding carboxylic acids is 2. The number of alkyl halides is 8. The molecule has 2 aliphatic rings. The van der Waals surface area contributed by atoms with Crippen LogP contribution in [0.4, 0.5) is 56.1 Å². The highest BCUT2D eigenvalue weighted by molar-refractivity contribution is 5.90. The van der Waals surface area contributed by atoms with Gasteiger partial charge in [-0.3, -0.25) is 9.97 Å². The van der Waals surface area contributed by atoms with Crippen LogP contribution in [-0.4, -0.2) is 58.0 Å². The van der Waals surface area contributed by atoms with Crippen LogP contribution in [0.2, 0.25) is 0 Å². The second kappa shape index (κ2) is 16.0. The minimum atomic E-state index is -4.76. The van der Waals surface area contributed by atoms with Crippen molar-refractivity contribution in [2.75, 3.05) is 36.8 Å². The molecule has 0 atom stereocenters. The molecule has 8 nitrogen and oxygen atoms in total. The number of hydrogen-bond donors (Lipinski definition) is 2. The fourth-order valence-corrected chi connectivity index (χ4v) is 6.33. The first kappa shape index (κ1) is 39.9. The molecule has 0 radical (unpaired) electrons. The Kier molecular flexibility index (Phi) is 11.8. The number of aryl methyl sites for hydroxylation is 2. The van der Waals surface area contributed by atoms with Gasteiger partial charge in [-0.25, -0.2) is 18.4 Å². The summed E-state index contributed by atoms with van der Waals surface area (Å²) in [4.78, 5) is 35.3. The molecule has 0 aliphatic carbocycles. The summed E-state index contributed by atoms with van der Waals surface area (Å²) in [5.74, 6) is 0. The molecule has 0 spiro atoms. The second-order valence-corrected chi connectivity index (χ2v) is 13.3. The predicted molar refractivity (Wildman–Crippen MR) is 186 cm³/mol. The number of hydrogen-bond acceptors (Lipinski definition) is 4. The van der Waals surface area contributed by atoms with Gasteiger partial charge in [0.15, 0.2) is 11.3 Å². The average molecular weight is 763 g/mol. The lowest BCUT2D eigenvalue weighted by molar-refractivity contribution is -0.140. The van der Waals surface area contributed by atoms with Crippen molar-refractivity contribution < 1.29 is 44.7 Å². The Bertz CT molecular complexity index is 1900. The third kappa shape index (κ3) is 9.63. The van der Waals surface area contributed by atoms with Gasteiger partial charge in [-0.15, -0.1) is 0 Å². The molecule has 2 aliphatic heterocycles. The van der Waals surface area contributed by atoms with Gasteiger partial charge in [0, 0.05) is 75.6 Å². The zero-order valence-corrected chi connectivity index (χ0v) is 29.4. The zero-order chi connectivity index (χ0) is 39.3. The molecular formula is C38H38F8N6O2. The number of benzene rings is 2. The van der Waals surface area contributed by atoms with E-state index < -0.39 is 59.4 Å². The Morgan fingerprint density at radius 2 is 1.04 bits per heavy atom. The number of nitrogens with zero attached hydrogens (tertiary/aromatic N) is 4. The standard InChI is InChI=1S/C19H16F7N3O.C19H22FN3O/c20-17(15-14(19(24,25)26)2-1-9-27-15)7-10-29(11-8-17)16(30)28-13-5-3-12(4-6-13)18(21,22)23;1-14-5-7-16(8-6-14)22-18(24)23-12-9-19(20,10-13-23)17-15(2)4-3-11-21-17/h1-6,9H,7-8,10-11H2,(H,28,30);3-8,11H,9-10,12-13H2,1-2H3,(H,22,24). The molecule has 6 rings (SSSR count). The zero-order valence-electron chi connectivity index (χ0n) is 29.4. The molecule has 16 heteroatoms. The summed E-state index contributed by atoms with van der Waals surface area (Å²) in [5, 5.41) is 5.26. The van der Waals surface area contributed by atoms with Gasteiger partial charge in [-0.2, -0.15) is 26.3 Å². The molecule has 2 fully saturated rings. The number of aromatic nitrogens is 2. The van der Waals surface area contributed by atoms with E-state index in [-0.39, 0.29) is 37.6 Å². The van der Waals surface area contributed by atoms with Gasteiger partial charge in [0.25, 0.3) is 0 Å². The number of amides is 4. The van der Waals surface area contributed by atoms with E-state index in [1.54, 1.807) is 11.1 Å². The van der Waals surface area contributed by atoms with E-state index in [9.17, 15) is 35.9 Å². The first-order valence-corrected chi connectivity index (χ1v) is 17.1. The highest BCUT2D eigenvalue weighted by Crippen LogP contribution is 2.43. The average Bonchev–Trinajstić information content (AvgIpc) is 3.13. The van der Waals surface area contributed by atoms with Crippen molar-refractivity contribution in [2.24, 2.45) is 0 Å². The van der Waals surface area contributed by atoms with Gasteiger partial charge in [0.05, 0.1) is 22.5 Å². The van der Waals surface area contributed by atoms with Crippen LogP contribution in [0.15, 0.2) is 85.2 Å². The summed E-state index contributed by atoms with van der Waals surface area (Å²) >= 11 is 0. The second-order valence-electron chi connectivity index (χ2n) is 13.3. The molecule has 2 saturated heterocycles. The summed E-state index contributed by atoms with van der Waals surface area (Å²) in [6.45, 7) is 4.26. The van der Waals surface area contributed by atoms with Crippen molar-refractivity contribution in [3.8, 4) is 0 Å². The van der Waals surface area contributed by atoms with Crippen molar-refractivity contribution in [1.29, 1.82) is 0 Å². The number of anilines is 2. The van der Waals surface area contributed by atoms with Crippen molar-refractivity contribution in [3.05, 3.63) is 119 Å². The fourth-order valence-electron chi connectivity index (χ4n) is 6.33. The van der Waals surface area contributed by atoms with Crippen LogP contribution in [0, 0.1) is 13.8 Å². The Labute approximate surface area is 306 Å². The Balaban J connectivity index is 0.000000213. The molecule has 2 aromatic heterocycles. The Morgan fingerprint density at radius 1 is 0.611 bits per heavy atom. The number of likely N-dealkylation sites (tertiary alicyclic amines) is 2. The lowest BCUT2D eigenvalue weighted by Gasteiger charge is -2.36. The minimum absolute atomic E-state index is 0.106. The number of carbonyl (C=O) groups is 2. The van der Waals surface area contributed by atoms with Crippen molar-refractivity contribution in [2.45, 2.75) is 63.2 Å². The summed E-state index contributed by atoms with van der Waals surface area (Å²) in [7, 11) is 0. The number of pyridine rings is 2. The SMILES string of the molecule is Cc1ccc(NC(=O)N2CCC(F)(c3ncccc3C)CC2)cc1.O=C(Nc1ccc(C(F)(F)F)cc1)N1CCC(F)(c2ncccc2C(F)(F)F)CC1. The highest BCUT2D eigenvalue weighted by Gasteiger charge is 2.46. The van der Waals surface area contributed by atoms with Crippen LogP contribution in [0.5, 0.6) is 0 Å². The minimum Gasteiger partial charge on any atom is -0.324 e. The van der Waals surface area contributed by atoms with E-state index in [1.165, 1.54) is 4.90 Å². The number of rotatable bonds is 4. The maximum atomic E-state index is 15.3. The molecule has 288 valence electrons. The molecule has 4 heterocycles. The van der Waals surface area contributed by atoms with E-state index >= 15 is 8.78 Å². The summed E-state index contributed by atoms with van der Waals surface area (Å²) in [6.07, 6.45) is -6.82. The van der Waals surface area contributed by atoms with Crippen LogP contribution in [0.1, 0.15) is 59.3 Å². The molecule has 0 unspecified atom stereocenters. The van der Waals surface area contributed by atoms with Gasteiger partial charge in [-0.05, 0) is 74.0 Å². The third-order valence-electron chi connectivity index (χ3n) is 9.42. The lowest BCUT2D eigenvalue weighted by atomic mass is 9.87. The normalized spacial score (nSPS) is 16.9. The summed E-state index contributed by atoms with van der Waals surface area (Å²) in [6, 6.07) is 16.0. The first-order chi connectivity index (χ1) is 25.4. The van der Waals surface area contributed by atoms with Gasteiger partial charge in [0.1, 0.15) is 0 Å². The largest absolute Gasteiger partial charge is 0.418 e. The molecule has 4 amide bonds. The van der Waals surface area contributed by atoms with Gasteiger partial charge < -0.3 is 20.4 Å². The van der Waals surface area contributed by atoms with Crippen LogP contribution in [-0.2, 0) is 23.7 Å². The van der Waals surface area contributed by atoms with Gasteiger partial charge >= 0.3 is 24.4 Å². The molecule has 4 aromatic rings. The maximum absolute atomic E-state index is 15.3. The molecule has 2 N–H and O–H groups in total. The maximum Gasteiger partial charge on any atom is 0.418 e. The molecule has 0 bridgehead atoms. The molecule has 2 aromatic carbocycles. The summed E-state index contributed by atoms with van der Waals surface area (Å²) < 4.78 is 108. The van der Waals surface area contributed by atoms with Crippen molar-refractivity contribution in [1.82, 2.24) is 19.8 Å². The van der Waals surface area contributed by atoms with E-state index in [0.29, 0.717) is 18.8 Å². The predicted octanol–water partition coefficient (Wildman–Crippen LogP) is 9.80. The quantitative estimate of drug-likeness (QED) is 0.203. The lowest BCUT2D eigenvalue weighted by Crippen LogP contribution is -2.45. The van der Waals surface area contributed by atoms with E-state index in [1.807, 2.05) is 50.2 Å². The smallest absolute Gasteiger partial charge is 0.324 e. The summed E-state index contributed by atoms with van der Waals surface area (Å²) in [5.41, 5.74) is -3.19. The Morgan fingerprint density at radius 3 is 1.48 bits per heavy atom. The monoisotopic (exact) mass is 762 g/mol. The fraction of sp³-hybridized carbons (Fsp3) is 0.368. The van der Waals surface area contributed by atoms with E-state index in [2.05, 4.69) is 20.6 Å². The number of nitrogens with one attached hydrogen (secondary N) is 2. The van der Waals surface area contributed by atoms with Crippen molar-refractivity contribution in [3.63, 3.8) is 0 Å². The van der Waals surface area contributed by atoms with E-state index in [4.69, 9.17) is 0 Å². The van der Waals surface area contributed by atoms with Crippen LogP contribution >= 0.6 is 0 Å².